The Morgan fingerprint density at radius 2 is 2.04 bits per heavy atom. The lowest BCUT2D eigenvalue weighted by atomic mass is 9.91. The van der Waals surface area contributed by atoms with Crippen LogP contribution in [0.1, 0.15) is 32.3 Å². The van der Waals surface area contributed by atoms with Crippen LogP contribution >= 0.6 is 0 Å². The van der Waals surface area contributed by atoms with E-state index in [-0.39, 0.29) is 0 Å². The van der Waals surface area contributed by atoms with Gasteiger partial charge in [-0.3, -0.25) is 19.5 Å². The predicted octanol–water partition coefficient (Wildman–Crippen LogP) is 2.65. The molecular formula is C20H29N5. The summed E-state index contributed by atoms with van der Waals surface area (Å²) in [5, 5.41) is 4.44. The molecule has 0 saturated carbocycles. The molecule has 4 heterocycles. The number of hydrogen-bond donors (Lipinski definition) is 0. The van der Waals surface area contributed by atoms with Crippen LogP contribution in [0.15, 0.2) is 43.0 Å². The summed E-state index contributed by atoms with van der Waals surface area (Å²) in [5.41, 5.74) is 1.38. The Balaban J connectivity index is 1.43. The summed E-state index contributed by atoms with van der Waals surface area (Å²) in [4.78, 5) is 9.54. The smallest absolute Gasteiger partial charge is 0.0565 e. The van der Waals surface area contributed by atoms with Crippen molar-refractivity contribution in [2.24, 2.45) is 5.92 Å². The van der Waals surface area contributed by atoms with Crippen molar-refractivity contribution < 1.29 is 0 Å². The number of likely N-dealkylation sites (tertiary alicyclic amines) is 2. The average Bonchev–Trinajstić information content (AvgIpc) is 3.23. The normalized spacial score (nSPS) is 27.7. The molecule has 0 N–H and O–H groups in total. The minimum absolute atomic E-state index is 0.599. The first-order chi connectivity index (χ1) is 12.2. The standard InChI is InChI=1S/C20H29N5/c1-16(2)25-19(15-24-10-3-7-22-24)12-18-14-23(11-6-20(18)25)13-17-4-8-21-9-5-17/h3-5,7-10,16,18-20H,6,11-15H2,1-2H3/t18-,19+,20+/m1/s1. The van der Waals surface area contributed by atoms with Gasteiger partial charge in [0.05, 0.1) is 6.54 Å². The van der Waals surface area contributed by atoms with Gasteiger partial charge in [0.1, 0.15) is 0 Å². The second-order valence-corrected chi connectivity index (χ2v) is 7.87. The molecule has 0 amide bonds. The Morgan fingerprint density at radius 1 is 1.20 bits per heavy atom. The third-order valence-electron chi connectivity index (χ3n) is 5.87. The van der Waals surface area contributed by atoms with Gasteiger partial charge < -0.3 is 0 Å². The van der Waals surface area contributed by atoms with Gasteiger partial charge in [0, 0.05) is 56.0 Å². The van der Waals surface area contributed by atoms with Crippen molar-refractivity contribution in [2.75, 3.05) is 13.1 Å². The minimum Gasteiger partial charge on any atom is -0.299 e. The second kappa shape index (κ2) is 7.26. The van der Waals surface area contributed by atoms with Gasteiger partial charge in [0.25, 0.3) is 0 Å². The number of hydrogen-bond acceptors (Lipinski definition) is 4. The molecule has 0 spiro atoms. The molecule has 5 heteroatoms. The van der Waals surface area contributed by atoms with Gasteiger partial charge in [-0.1, -0.05) is 0 Å². The van der Waals surface area contributed by atoms with Crippen LogP contribution in [0, 0.1) is 5.92 Å². The molecule has 2 aromatic heterocycles. The summed E-state index contributed by atoms with van der Waals surface area (Å²) in [6.45, 7) is 9.18. The Kier molecular flexibility index (Phi) is 4.86. The van der Waals surface area contributed by atoms with Gasteiger partial charge in [-0.15, -0.1) is 0 Å². The Morgan fingerprint density at radius 3 is 2.76 bits per heavy atom. The fourth-order valence-corrected chi connectivity index (χ4v) is 4.95. The van der Waals surface area contributed by atoms with E-state index in [9.17, 15) is 0 Å². The summed E-state index contributed by atoms with van der Waals surface area (Å²) in [6.07, 6.45) is 10.4. The summed E-state index contributed by atoms with van der Waals surface area (Å²) in [7, 11) is 0. The molecule has 0 unspecified atom stereocenters. The number of pyridine rings is 1. The van der Waals surface area contributed by atoms with Crippen LogP contribution in [0.2, 0.25) is 0 Å². The second-order valence-electron chi connectivity index (χ2n) is 7.87. The highest BCUT2D eigenvalue weighted by molar-refractivity contribution is 5.10. The van der Waals surface area contributed by atoms with Crippen LogP contribution in [0.25, 0.3) is 0 Å². The van der Waals surface area contributed by atoms with E-state index in [1.807, 2.05) is 24.7 Å². The molecule has 0 bridgehead atoms. The molecule has 3 atom stereocenters. The molecule has 2 fully saturated rings. The molecule has 4 rings (SSSR count). The number of aromatic nitrogens is 3. The van der Waals surface area contributed by atoms with E-state index in [0.717, 1.165) is 25.0 Å². The first-order valence-electron chi connectivity index (χ1n) is 9.57. The van der Waals surface area contributed by atoms with Crippen molar-refractivity contribution in [3.63, 3.8) is 0 Å². The van der Waals surface area contributed by atoms with Gasteiger partial charge in [-0.05, 0) is 62.9 Å². The van der Waals surface area contributed by atoms with Crippen molar-refractivity contribution in [3.05, 3.63) is 48.5 Å². The van der Waals surface area contributed by atoms with Gasteiger partial charge in [0.2, 0.25) is 0 Å². The van der Waals surface area contributed by atoms with E-state index in [4.69, 9.17) is 0 Å². The molecular weight excluding hydrogens is 310 g/mol. The van der Waals surface area contributed by atoms with E-state index in [0.29, 0.717) is 12.1 Å². The van der Waals surface area contributed by atoms with Crippen molar-refractivity contribution in [1.82, 2.24) is 24.6 Å². The van der Waals surface area contributed by atoms with Gasteiger partial charge in [-0.25, -0.2) is 0 Å². The number of piperidine rings is 1. The maximum absolute atomic E-state index is 4.44. The number of fused-ring (bicyclic) bond motifs is 1. The molecule has 5 nitrogen and oxygen atoms in total. The van der Waals surface area contributed by atoms with Gasteiger partial charge in [0.15, 0.2) is 0 Å². The molecule has 2 saturated heterocycles. The SMILES string of the molecule is CC(C)N1[C@H](Cn2cccn2)C[C@@H]2CN(Cc3ccncc3)CC[C@@H]21. The maximum atomic E-state index is 4.44. The van der Waals surface area contributed by atoms with Crippen LogP contribution in [-0.2, 0) is 13.1 Å². The molecule has 25 heavy (non-hydrogen) atoms. The van der Waals surface area contributed by atoms with E-state index in [1.54, 1.807) is 0 Å². The molecule has 0 aromatic carbocycles. The maximum Gasteiger partial charge on any atom is 0.0565 e. The highest BCUT2D eigenvalue weighted by atomic mass is 15.3. The highest BCUT2D eigenvalue weighted by Gasteiger charge is 2.44. The van der Waals surface area contributed by atoms with E-state index >= 15 is 0 Å². The summed E-state index contributed by atoms with van der Waals surface area (Å²) in [5.74, 6) is 0.776. The molecule has 2 aliphatic heterocycles. The number of nitrogens with zero attached hydrogens (tertiary/aromatic N) is 5. The van der Waals surface area contributed by atoms with E-state index < -0.39 is 0 Å². The van der Waals surface area contributed by atoms with Gasteiger partial charge in [-0.2, -0.15) is 5.10 Å². The lowest BCUT2D eigenvalue weighted by molar-refractivity contribution is 0.0719. The Bertz CT molecular complexity index is 654. The average molecular weight is 339 g/mol. The monoisotopic (exact) mass is 339 g/mol. The van der Waals surface area contributed by atoms with Crippen LogP contribution in [0.5, 0.6) is 0 Å². The Hall–Kier alpha value is -1.72. The lowest BCUT2D eigenvalue weighted by Crippen LogP contribution is -2.49. The van der Waals surface area contributed by atoms with Crippen molar-refractivity contribution >= 4 is 0 Å². The molecule has 0 radical (unpaired) electrons. The third-order valence-corrected chi connectivity index (χ3v) is 5.87. The van der Waals surface area contributed by atoms with E-state index in [2.05, 4.69) is 56.7 Å². The van der Waals surface area contributed by atoms with Crippen molar-refractivity contribution in [1.29, 1.82) is 0 Å². The molecule has 2 aliphatic rings. The van der Waals surface area contributed by atoms with Gasteiger partial charge >= 0.3 is 0 Å². The lowest BCUT2D eigenvalue weighted by Gasteiger charge is -2.40. The fraction of sp³-hybridized carbons (Fsp3) is 0.600. The number of rotatable bonds is 5. The zero-order chi connectivity index (χ0) is 17.2. The minimum atomic E-state index is 0.599. The van der Waals surface area contributed by atoms with Crippen molar-refractivity contribution in [3.8, 4) is 0 Å². The summed E-state index contributed by atoms with van der Waals surface area (Å²) in [6, 6.07) is 8.24. The molecule has 0 aliphatic carbocycles. The van der Waals surface area contributed by atoms with Crippen LogP contribution in [0.3, 0.4) is 0 Å². The first-order valence-corrected chi connectivity index (χ1v) is 9.57. The first kappa shape index (κ1) is 16.7. The van der Waals surface area contributed by atoms with Crippen LogP contribution in [-0.4, -0.2) is 55.8 Å². The quantitative estimate of drug-likeness (QED) is 0.839. The Labute approximate surface area is 150 Å². The zero-order valence-corrected chi connectivity index (χ0v) is 15.3. The largest absolute Gasteiger partial charge is 0.299 e. The van der Waals surface area contributed by atoms with Crippen molar-refractivity contribution in [2.45, 2.75) is 57.9 Å². The third kappa shape index (κ3) is 3.62. The summed E-state index contributed by atoms with van der Waals surface area (Å²) < 4.78 is 2.10. The van der Waals surface area contributed by atoms with Crippen LogP contribution in [0.4, 0.5) is 0 Å². The fourth-order valence-electron chi connectivity index (χ4n) is 4.95. The molecule has 2 aromatic rings. The molecule has 134 valence electrons. The predicted molar refractivity (Wildman–Crippen MR) is 99.0 cm³/mol. The topological polar surface area (TPSA) is 37.2 Å². The highest BCUT2D eigenvalue weighted by Crippen LogP contribution is 2.38. The summed E-state index contributed by atoms with van der Waals surface area (Å²) >= 11 is 0. The zero-order valence-electron chi connectivity index (χ0n) is 15.3. The van der Waals surface area contributed by atoms with E-state index in [1.165, 1.54) is 31.5 Å². The van der Waals surface area contributed by atoms with Crippen LogP contribution < -0.4 is 0 Å².